The van der Waals surface area contributed by atoms with Crippen molar-refractivity contribution in [1.82, 2.24) is 0 Å². The Balaban J connectivity index is 2.19. The minimum atomic E-state index is -0.817. The summed E-state index contributed by atoms with van der Waals surface area (Å²) >= 11 is 0. The van der Waals surface area contributed by atoms with Crippen LogP contribution in [0.5, 0.6) is 0 Å². The molecule has 0 aliphatic carbocycles. The van der Waals surface area contributed by atoms with E-state index in [1.54, 1.807) is 6.92 Å². The second-order valence-corrected chi connectivity index (χ2v) is 3.51. The summed E-state index contributed by atoms with van der Waals surface area (Å²) < 4.78 is 5.38. The van der Waals surface area contributed by atoms with Crippen LogP contribution >= 0.6 is 0 Å². The zero-order chi connectivity index (χ0) is 11.1. The topological polar surface area (TPSA) is 46.5 Å². The maximum atomic E-state index is 10.4. The third-order valence-corrected chi connectivity index (χ3v) is 2.10. The molecule has 0 aromatic heterocycles. The van der Waals surface area contributed by atoms with Gasteiger partial charge in [-0.25, -0.2) is 0 Å². The molecule has 1 unspecified atom stereocenters. The van der Waals surface area contributed by atoms with Crippen LogP contribution in [0.2, 0.25) is 0 Å². The largest absolute Gasteiger partial charge is 0.481 e. The second kappa shape index (κ2) is 6.19. The van der Waals surface area contributed by atoms with Crippen LogP contribution in [0.15, 0.2) is 30.3 Å². The Morgan fingerprint density at radius 1 is 1.40 bits per heavy atom. The number of carboxylic acid groups (broad SMARTS) is 1. The molecular weight excluding hydrogens is 192 g/mol. The van der Waals surface area contributed by atoms with E-state index in [1.165, 1.54) is 5.56 Å². The highest BCUT2D eigenvalue weighted by Crippen LogP contribution is 2.02. The smallest absolute Gasteiger partial charge is 0.305 e. The first-order chi connectivity index (χ1) is 7.18. The van der Waals surface area contributed by atoms with Crippen LogP contribution < -0.4 is 0 Å². The number of carboxylic acids is 1. The Bertz CT molecular complexity index is 295. The molecule has 0 heterocycles. The lowest BCUT2D eigenvalue weighted by molar-refractivity contribution is -0.139. The molecule has 0 aliphatic rings. The fourth-order valence-corrected chi connectivity index (χ4v) is 1.33. The minimum absolute atomic E-state index is 0.0643. The minimum Gasteiger partial charge on any atom is -0.481 e. The Morgan fingerprint density at radius 2 is 2.07 bits per heavy atom. The van der Waals surface area contributed by atoms with E-state index < -0.39 is 5.97 Å². The van der Waals surface area contributed by atoms with Gasteiger partial charge in [0.25, 0.3) is 0 Å². The number of aliphatic carboxylic acids is 1. The summed E-state index contributed by atoms with van der Waals surface area (Å²) in [7, 11) is 0. The van der Waals surface area contributed by atoms with Crippen molar-refractivity contribution >= 4 is 5.97 Å². The van der Waals surface area contributed by atoms with Crippen LogP contribution in [0, 0.1) is 0 Å². The van der Waals surface area contributed by atoms with Gasteiger partial charge in [-0.05, 0) is 18.9 Å². The van der Waals surface area contributed by atoms with E-state index in [0.29, 0.717) is 6.61 Å². The highest BCUT2D eigenvalue weighted by Gasteiger charge is 2.06. The van der Waals surface area contributed by atoms with Gasteiger partial charge in [-0.2, -0.15) is 0 Å². The normalized spacial score (nSPS) is 12.3. The average molecular weight is 208 g/mol. The number of hydrogen-bond acceptors (Lipinski definition) is 2. The number of rotatable bonds is 6. The zero-order valence-corrected chi connectivity index (χ0v) is 8.85. The van der Waals surface area contributed by atoms with Crippen molar-refractivity contribution in [2.75, 3.05) is 6.61 Å². The van der Waals surface area contributed by atoms with Gasteiger partial charge in [0.2, 0.25) is 0 Å². The second-order valence-electron chi connectivity index (χ2n) is 3.51. The van der Waals surface area contributed by atoms with Gasteiger partial charge >= 0.3 is 5.97 Å². The molecule has 1 N–H and O–H groups in total. The molecule has 82 valence electrons. The van der Waals surface area contributed by atoms with Crippen LogP contribution in [0.4, 0.5) is 0 Å². The summed E-state index contributed by atoms with van der Waals surface area (Å²) in [4.78, 5) is 10.4. The molecule has 0 amide bonds. The van der Waals surface area contributed by atoms with Crippen LogP contribution in [0.3, 0.4) is 0 Å². The van der Waals surface area contributed by atoms with Crippen molar-refractivity contribution in [3.63, 3.8) is 0 Å². The van der Waals surface area contributed by atoms with E-state index in [4.69, 9.17) is 9.84 Å². The maximum absolute atomic E-state index is 10.4. The Labute approximate surface area is 89.7 Å². The lowest BCUT2D eigenvalue weighted by Gasteiger charge is -2.10. The molecule has 0 fully saturated rings. The molecule has 1 aromatic carbocycles. The Morgan fingerprint density at radius 3 is 2.67 bits per heavy atom. The molecule has 3 heteroatoms. The Hall–Kier alpha value is -1.35. The number of hydrogen-bond donors (Lipinski definition) is 1. The summed E-state index contributed by atoms with van der Waals surface area (Å²) in [5, 5.41) is 8.52. The van der Waals surface area contributed by atoms with E-state index in [2.05, 4.69) is 0 Å². The van der Waals surface area contributed by atoms with Gasteiger partial charge in [0.05, 0.1) is 19.1 Å². The third kappa shape index (κ3) is 5.18. The first kappa shape index (κ1) is 11.7. The lowest BCUT2D eigenvalue weighted by atomic mass is 10.2. The van der Waals surface area contributed by atoms with E-state index >= 15 is 0 Å². The van der Waals surface area contributed by atoms with Crippen LogP contribution in [-0.4, -0.2) is 23.8 Å². The van der Waals surface area contributed by atoms with Crippen LogP contribution in [0.1, 0.15) is 18.9 Å². The highest BCUT2D eigenvalue weighted by molar-refractivity contribution is 5.67. The van der Waals surface area contributed by atoms with E-state index in [9.17, 15) is 4.79 Å². The molecule has 0 aliphatic heterocycles. The zero-order valence-electron chi connectivity index (χ0n) is 8.85. The van der Waals surface area contributed by atoms with Crippen molar-refractivity contribution in [1.29, 1.82) is 0 Å². The molecule has 0 spiro atoms. The van der Waals surface area contributed by atoms with Gasteiger partial charge in [-0.3, -0.25) is 4.79 Å². The van der Waals surface area contributed by atoms with Gasteiger partial charge in [0.15, 0.2) is 0 Å². The predicted molar refractivity (Wildman–Crippen MR) is 57.8 cm³/mol. The quantitative estimate of drug-likeness (QED) is 0.778. The fourth-order valence-electron chi connectivity index (χ4n) is 1.33. The summed E-state index contributed by atoms with van der Waals surface area (Å²) in [6, 6.07) is 10.00. The molecule has 0 saturated heterocycles. The van der Waals surface area contributed by atoms with Crippen molar-refractivity contribution in [3.8, 4) is 0 Å². The molecule has 0 saturated carbocycles. The van der Waals surface area contributed by atoms with E-state index in [-0.39, 0.29) is 12.5 Å². The monoisotopic (exact) mass is 208 g/mol. The molecule has 0 bridgehead atoms. The first-order valence-electron chi connectivity index (χ1n) is 5.06. The van der Waals surface area contributed by atoms with E-state index in [1.807, 2.05) is 30.3 Å². The molecule has 15 heavy (non-hydrogen) atoms. The SMILES string of the molecule is CC(CC(=O)O)OCCc1ccccc1. The Kier molecular flexibility index (Phi) is 4.84. The average Bonchev–Trinajstić information content (AvgIpc) is 2.18. The molecular formula is C12H16O3. The van der Waals surface area contributed by atoms with Gasteiger partial charge in [-0.15, -0.1) is 0 Å². The van der Waals surface area contributed by atoms with Crippen molar-refractivity contribution < 1.29 is 14.6 Å². The maximum Gasteiger partial charge on any atom is 0.305 e. The van der Waals surface area contributed by atoms with Gasteiger partial charge in [0.1, 0.15) is 0 Å². The number of benzene rings is 1. The summed E-state index contributed by atoms with van der Waals surface area (Å²) in [6.07, 6.45) is 0.672. The molecule has 3 nitrogen and oxygen atoms in total. The number of ether oxygens (including phenoxy) is 1. The van der Waals surface area contributed by atoms with Crippen LogP contribution in [-0.2, 0) is 16.0 Å². The highest BCUT2D eigenvalue weighted by atomic mass is 16.5. The lowest BCUT2D eigenvalue weighted by Crippen LogP contribution is -2.15. The van der Waals surface area contributed by atoms with Crippen LogP contribution in [0.25, 0.3) is 0 Å². The molecule has 1 aromatic rings. The summed E-state index contributed by atoms with van der Waals surface area (Å²) in [6.45, 7) is 2.34. The standard InChI is InChI=1S/C12H16O3/c1-10(9-12(13)14)15-8-7-11-5-3-2-4-6-11/h2-6,10H,7-9H2,1H3,(H,13,14). The fraction of sp³-hybridized carbons (Fsp3) is 0.417. The summed E-state index contributed by atoms with van der Waals surface area (Å²) in [5.74, 6) is -0.817. The van der Waals surface area contributed by atoms with Gasteiger partial charge < -0.3 is 9.84 Å². The van der Waals surface area contributed by atoms with Crippen molar-refractivity contribution in [2.45, 2.75) is 25.9 Å². The number of carbonyl (C=O) groups is 1. The molecule has 0 radical (unpaired) electrons. The van der Waals surface area contributed by atoms with E-state index in [0.717, 1.165) is 6.42 Å². The first-order valence-corrected chi connectivity index (χ1v) is 5.06. The molecule has 1 rings (SSSR count). The predicted octanol–water partition coefficient (Wildman–Crippen LogP) is 2.11. The summed E-state index contributed by atoms with van der Waals surface area (Å²) in [5.41, 5.74) is 1.21. The van der Waals surface area contributed by atoms with Gasteiger partial charge in [-0.1, -0.05) is 30.3 Å². The van der Waals surface area contributed by atoms with Crippen molar-refractivity contribution in [2.24, 2.45) is 0 Å². The van der Waals surface area contributed by atoms with Crippen molar-refractivity contribution in [3.05, 3.63) is 35.9 Å². The van der Waals surface area contributed by atoms with Gasteiger partial charge in [0, 0.05) is 0 Å². The molecule has 1 atom stereocenters. The third-order valence-electron chi connectivity index (χ3n) is 2.10.